The summed E-state index contributed by atoms with van der Waals surface area (Å²) in [6.07, 6.45) is 3.25. The summed E-state index contributed by atoms with van der Waals surface area (Å²) in [5, 5.41) is 3.10. The second-order valence-corrected chi connectivity index (χ2v) is 9.00. The molecule has 0 atom stereocenters. The summed E-state index contributed by atoms with van der Waals surface area (Å²) in [6, 6.07) is 19.2. The summed E-state index contributed by atoms with van der Waals surface area (Å²) in [5.41, 5.74) is 7.57. The largest absolute Gasteiger partial charge is 0.497 e. The van der Waals surface area contributed by atoms with Gasteiger partial charge in [-0.3, -0.25) is 9.69 Å². The van der Waals surface area contributed by atoms with Gasteiger partial charge < -0.3 is 19.4 Å². The van der Waals surface area contributed by atoms with Crippen molar-refractivity contribution in [1.82, 2.24) is 14.8 Å². The van der Waals surface area contributed by atoms with Crippen LogP contribution in [0.15, 0.2) is 54.6 Å². The van der Waals surface area contributed by atoms with E-state index in [0.29, 0.717) is 19.4 Å². The minimum Gasteiger partial charge on any atom is -0.497 e. The molecular weight excluding hydrogens is 426 g/mol. The summed E-state index contributed by atoms with van der Waals surface area (Å²) >= 11 is 0. The summed E-state index contributed by atoms with van der Waals surface area (Å²) in [7, 11) is 1.69. The fourth-order valence-electron chi connectivity index (χ4n) is 5.06. The predicted octanol–water partition coefficient (Wildman–Crippen LogP) is 3.63. The molecule has 0 radical (unpaired) electrons. The molecule has 0 bridgehead atoms. The van der Waals surface area contributed by atoms with Crippen LogP contribution in [0.25, 0.3) is 16.9 Å². The van der Waals surface area contributed by atoms with Crippen LogP contribution in [0.2, 0.25) is 0 Å². The van der Waals surface area contributed by atoms with Crippen molar-refractivity contribution in [2.45, 2.75) is 25.7 Å². The van der Waals surface area contributed by atoms with Gasteiger partial charge in [-0.25, -0.2) is 0 Å². The number of aryl methyl sites for hydroxylation is 3. The van der Waals surface area contributed by atoms with E-state index in [1.165, 1.54) is 28.1 Å². The molecule has 2 aliphatic rings. The zero-order valence-electron chi connectivity index (χ0n) is 19.9. The molecule has 1 aliphatic carbocycles. The molecule has 0 spiro atoms. The van der Waals surface area contributed by atoms with Gasteiger partial charge in [0.25, 0.3) is 0 Å². The van der Waals surface area contributed by atoms with Crippen molar-refractivity contribution in [2.75, 3.05) is 46.5 Å². The first-order valence-corrected chi connectivity index (χ1v) is 12.3. The molecule has 6 heteroatoms. The molecule has 6 nitrogen and oxygen atoms in total. The maximum absolute atomic E-state index is 12.7. The summed E-state index contributed by atoms with van der Waals surface area (Å²) in [6.45, 7) is 5.01. The van der Waals surface area contributed by atoms with Gasteiger partial charge in [-0.1, -0.05) is 24.3 Å². The fraction of sp³-hybridized carbons (Fsp3) is 0.393. The number of ether oxygens (including phenoxy) is 2. The number of rotatable bonds is 8. The summed E-state index contributed by atoms with van der Waals surface area (Å²) < 4.78 is 13.1. The monoisotopic (exact) mass is 459 g/mol. The van der Waals surface area contributed by atoms with E-state index in [0.717, 1.165) is 57.1 Å². The second-order valence-electron chi connectivity index (χ2n) is 9.00. The third kappa shape index (κ3) is 4.88. The lowest BCUT2D eigenvalue weighted by Crippen LogP contribution is -2.41. The fourth-order valence-corrected chi connectivity index (χ4v) is 5.06. The topological polar surface area (TPSA) is 55.7 Å². The minimum atomic E-state index is 0.106. The first kappa shape index (κ1) is 22.7. The van der Waals surface area contributed by atoms with Crippen molar-refractivity contribution >= 4 is 5.91 Å². The van der Waals surface area contributed by atoms with E-state index in [-0.39, 0.29) is 5.91 Å². The molecule has 1 amide bonds. The van der Waals surface area contributed by atoms with E-state index in [1.54, 1.807) is 7.11 Å². The molecule has 5 rings (SSSR count). The highest BCUT2D eigenvalue weighted by atomic mass is 16.5. The number of nitrogens with zero attached hydrogens (tertiary/aromatic N) is 2. The van der Waals surface area contributed by atoms with Gasteiger partial charge in [0.05, 0.1) is 26.0 Å². The Bertz CT molecular complexity index is 1130. The van der Waals surface area contributed by atoms with Gasteiger partial charge in [0, 0.05) is 49.5 Å². The minimum absolute atomic E-state index is 0.106. The maximum atomic E-state index is 12.7. The Kier molecular flexibility index (Phi) is 6.97. The van der Waals surface area contributed by atoms with Crippen LogP contribution >= 0.6 is 0 Å². The highest BCUT2D eigenvalue weighted by molar-refractivity contribution is 5.77. The van der Waals surface area contributed by atoms with E-state index in [2.05, 4.69) is 57.2 Å². The van der Waals surface area contributed by atoms with Crippen LogP contribution in [0.5, 0.6) is 5.75 Å². The Morgan fingerprint density at radius 1 is 1.03 bits per heavy atom. The van der Waals surface area contributed by atoms with Crippen LogP contribution in [-0.2, 0) is 28.8 Å². The Balaban J connectivity index is 1.34. The molecule has 1 N–H and O–H groups in total. The van der Waals surface area contributed by atoms with Crippen LogP contribution in [0.4, 0.5) is 0 Å². The molecule has 1 aliphatic heterocycles. The van der Waals surface area contributed by atoms with Gasteiger partial charge in [0.1, 0.15) is 5.75 Å². The molecule has 2 aromatic carbocycles. The Labute approximate surface area is 201 Å². The van der Waals surface area contributed by atoms with E-state index >= 15 is 0 Å². The third-order valence-electron chi connectivity index (χ3n) is 6.88. The van der Waals surface area contributed by atoms with Crippen molar-refractivity contribution < 1.29 is 14.3 Å². The van der Waals surface area contributed by atoms with Crippen LogP contribution in [0.3, 0.4) is 0 Å². The number of hydrogen-bond acceptors (Lipinski definition) is 4. The molecule has 1 aromatic heterocycles. The Hall–Kier alpha value is -3.09. The van der Waals surface area contributed by atoms with Crippen LogP contribution in [0, 0.1) is 0 Å². The number of fused-ring (bicyclic) bond motifs is 3. The highest BCUT2D eigenvalue weighted by Gasteiger charge is 2.24. The molecule has 1 fully saturated rings. The number of aromatic nitrogens is 1. The highest BCUT2D eigenvalue weighted by Crippen LogP contribution is 2.38. The lowest BCUT2D eigenvalue weighted by Gasteiger charge is -2.26. The average Bonchev–Trinajstić information content (AvgIpc) is 3.27. The number of carbonyl (C=O) groups is 1. The van der Waals surface area contributed by atoms with E-state index < -0.39 is 0 Å². The lowest BCUT2D eigenvalue weighted by molar-refractivity contribution is -0.121. The molecule has 0 saturated carbocycles. The third-order valence-corrected chi connectivity index (χ3v) is 6.88. The van der Waals surface area contributed by atoms with Gasteiger partial charge in [0.15, 0.2) is 0 Å². The van der Waals surface area contributed by atoms with Crippen molar-refractivity contribution in [3.8, 4) is 22.7 Å². The molecule has 178 valence electrons. The summed E-state index contributed by atoms with van der Waals surface area (Å²) in [4.78, 5) is 15.0. The molecule has 0 unspecified atom stereocenters. The molecule has 2 heterocycles. The van der Waals surface area contributed by atoms with Crippen LogP contribution in [-0.4, -0.2) is 61.9 Å². The van der Waals surface area contributed by atoms with Gasteiger partial charge in [0.2, 0.25) is 5.91 Å². The normalized spacial score (nSPS) is 15.4. The van der Waals surface area contributed by atoms with Crippen molar-refractivity contribution in [2.24, 2.45) is 0 Å². The van der Waals surface area contributed by atoms with Gasteiger partial charge in [-0.2, -0.15) is 0 Å². The molecule has 3 aromatic rings. The first-order chi connectivity index (χ1) is 16.7. The van der Waals surface area contributed by atoms with E-state index in [9.17, 15) is 4.79 Å². The van der Waals surface area contributed by atoms with Gasteiger partial charge in [-0.15, -0.1) is 0 Å². The predicted molar refractivity (Wildman–Crippen MR) is 134 cm³/mol. The van der Waals surface area contributed by atoms with Crippen LogP contribution < -0.4 is 10.1 Å². The second kappa shape index (κ2) is 10.5. The zero-order valence-corrected chi connectivity index (χ0v) is 19.9. The molecule has 1 saturated heterocycles. The maximum Gasteiger partial charge on any atom is 0.220 e. The lowest BCUT2D eigenvalue weighted by atomic mass is 9.90. The smallest absolute Gasteiger partial charge is 0.220 e. The number of methoxy groups -OCH3 is 1. The van der Waals surface area contributed by atoms with Crippen LogP contribution in [0.1, 0.15) is 23.2 Å². The quantitative estimate of drug-likeness (QED) is 0.559. The van der Waals surface area contributed by atoms with Crippen molar-refractivity contribution in [1.29, 1.82) is 0 Å². The zero-order chi connectivity index (χ0) is 23.3. The van der Waals surface area contributed by atoms with E-state index in [4.69, 9.17) is 9.47 Å². The average molecular weight is 460 g/mol. The first-order valence-electron chi connectivity index (χ1n) is 12.3. The number of hydrogen-bond donors (Lipinski definition) is 1. The van der Waals surface area contributed by atoms with Crippen molar-refractivity contribution in [3.63, 3.8) is 0 Å². The number of morpholine rings is 1. The SMILES string of the molecule is COc1ccc(-n2c(CCC(=O)NCCN3CCOCC3)cc3c2-c2ccccc2CC3)cc1. The standard InChI is InChI=1S/C28H33N3O3/c1-33-25-11-8-23(9-12-25)31-24(10-13-27(32)29-14-15-30-16-18-34-19-17-30)20-22-7-6-21-4-2-3-5-26(21)28(22)31/h2-5,8-9,11-12,20H,6-7,10,13-19H2,1H3,(H,29,32). The number of nitrogens with one attached hydrogen (secondary N) is 1. The van der Waals surface area contributed by atoms with Crippen molar-refractivity contribution in [3.05, 3.63) is 71.4 Å². The number of carbonyl (C=O) groups excluding carboxylic acids is 1. The summed E-state index contributed by atoms with van der Waals surface area (Å²) in [5.74, 6) is 0.945. The molecule has 34 heavy (non-hydrogen) atoms. The van der Waals surface area contributed by atoms with Gasteiger partial charge in [-0.05, 0) is 60.7 Å². The number of benzene rings is 2. The Morgan fingerprint density at radius 2 is 1.79 bits per heavy atom. The number of amides is 1. The van der Waals surface area contributed by atoms with E-state index in [1.807, 2.05) is 12.1 Å². The van der Waals surface area contributed by atoms with Gasteiger partial charge >= 0.3 is 0 Å². The Morgan fingerprint density at radius 3 is 2.59 bits per heavy atom. The molecular formula is C28H33N3O3.